The number of nitrogens with zero attached hydrogens (tertiary/aromatic N) is 4. The zero-order valence-corrected chi connectivity index (χ0v) is 12.6. The van der Waals surface area contributed by atoms with E-state index in [2.05, 4.69) is 52.7 Å². The summed E-state index contributed by atoms with van der Waals surface area (Å²) in [7, 11) is 6.52. The molecule has 19 heavy (non-hydrogen) atoms. The summed E-state index contributed by atoms with van der Waals surface area (Å²) >= 11 is 0. The fourth-order valence-electron chi connectivity index (χ4n) is 2.87. The van der Waals surface area contributed by atoms with Crippen LogP contribution in [0.4, 0.5) is 0 Å². The number of piperazine rings is 1. The minimum Gasteiger partial charge on any atom is -0.338 e. The van der Waals surface area contributed by atoms with Gasteiger partial charge in [-0.2, -0.15) is 0 Å². The molecule has 1 aliphatic heterocycles. The van der Waals surface area contributed by atoms with Gasteiger partial charge in [0, 0.05) is 57.6 Å². The van der Waals surface area contributed by atoms with Crippen molar-refractivity contribution in [3.05, 3.63) is 18.2 Å². The molecule has 1 N–H and O–H groups in total. The SMILES string of the molecule is CCNC(Cc1nccn1C)C1CN(C)CCN1C. The quantitative estimate of drug-likeness (QED) is 0.824. The van der Waals surface area contributed by atoms with Crippen molar-refractivity contribution in [2.24, 2.45) is 7.05 Å². The largest absolute Gasteiger partial charge is 0.338 e. The Balaban J connectivity index is 2.08. The van der Waals surface area contributed by atoms with Gasteiger partial charge in [-0.05, 0) is 20.6 Å². The van der Waals surface area contributed by atoms with E-state index in [4.69, 9.17) is 0 Å². The lowest BCUT2D eigenvalue weighted by Gasteiger charge is -2.42. The minimum atomic E-state index is 0.457. The fraction of sp³-hybridized carbons (Fsp3) is 0.786. The van der Waals surface area contributed by atoms with E-state index in [0.29, 0.717) is 12.1 Å². The van der Waals surface area contributed by atoms with Crippen molar-refractivity contribution in [3.63, 3.8) is 0 Å². The number of hydrogen-bond donors (Lipinski definition) is 1. The van der Waals surface area contributed by atoms with Crippen molar-refractivity contribution >= 4 is 0 Å². The van der Waals surface area contributed by atoms with E-state index in [1.54, 1.807) is 0 Å². The molecule has 1 aromatic rings. The minimum absolute atomic E-state index is 0.457. The summed E-state index contributed by atoms with van der Waals surface area (Å²) in [6, 6.07) is 1.01. The summed E-state index contributed by atoms with van der Waals surface area (Å²) in [5, 5.41) is 3.65. The summed E-state index contributed by atoms with van der Waals surface area (Å²) < 4.78 is 2.12. The molecule has 2 rings (SSSR count). The van der Waals surface area contributed by atoms with E-state index in [9.17, 15) is 0 Å². The second-order valence-electron chi connectivity index (χ2n) is 5.63. The van der Waals surface area contributed by atoms with Crippen LogP contribution in [0, 0.1) is 0 Å². The lowest BCUT2D eigenvalue weighted by atomic mass is 10.0. The Morgan fingerprint density at radius 2 is 2.16 bits per heavy atom. The molecule has 5 nitrogen and oxygen atoms in total. The van der Waals surface area contributed by atoms with Gasteiger partial charge < -0.3 is 14.8 Å². The van der Waals surface area contributed by atoms with Gasteiger partial charge in [0.05, 0.1) is 0 Å². The molecule has 1 fully saturated rings. The van der Waals surface area contributed by atoms with Gasteiger partial charge in [-0.25, -0.2) is 4.98 Å². The first kappa shape index (κ1) is 14.5. The normalized spacial score (nSPS) is 23.7. The van der Waals surface area contributed by atoms with Gasteiger partial charge in [0.15, 0.2) is 0 Å². The van der Waals surface area contributed by atoms with Crippen molar-refractivity contribution in [2.75, 3.05) is 40.3 Å². The van der Waals surface area contributed by atoms with E-state index in [-0.39, 0.29) is 0 Å². The standard InChI is InChI=1S/C14H27N5/c1-5-15-12(10-14-16-6-7-19(14)4)13-11-17(2)8-9-18(13)3/h6-7,12-13,15H,5,8-11H2,1-4H3. The molecule has 1 aromatic heterocycles. The van der Waals surface area contributed by atoms with Crippen molar-refractivity contribution < 1.29 is 0 Å². The molecule has 1 aliphatic rings. The molecular weight excluding hydrogens is 238 g/mol. The Morgan fingerprint density at radius 1 is 1.37 bits per heavy atom. The summed E-state index contributed by atoms with van der Waals surface area (Å²) in [6.45, 7) is 6.61. The lowest BCUT2D eigenvalue weighted by Crippen LogP contribution is -2.59. The predicted molar refractivity (Wildman–Crippen MR) is 78.3 cm³/mol. The van der Waals surface area contributed by atoms with Crippen LogP contribution in [0.1, 0.15) is 12.7 Å². The van der Waals surface area contributed by atoms with Crippen LogP contribution in [-0.2, 0) is 13.5 Å². The molecule has 108 valence electrons. The molecule has 0 amide bonds. The maximum atomic E-state index is 4.47. The molecule has 2 unspecified atom stereocenters. The Hall–Kier alpha value is -0.910. The van der Waals surface area contributed by atoms with Gasteiger partial charge in [-0.1, -0.05) is 6.92 Å². The highest BCUT2D eigenvalue weighted by Crippen LogP contribution is 2.13. The van der Waals surface area contributed by atoms with Crippen LogP contribution in [0.5, 0.6) is 0 Å². The van der Waals surface area contributed by atoms with Gasteiger partial charge in [-0.15, -0.1) is 0 Å². The molecule has 2 atom stereocenters. The second kappa shape index (κ2) is 6.50. The number of hydrogen-bond acceptors (Lipinski definition) is 4. The van der Waals surface area contributed by atoms with Crippen molar-refractivity contribution in [3.8, 4) is 0 Å². The topological polar surface area (TPSA) is 36.3 Å². The Kier molecular flexibility index (Phi) is 4.96. The Bertz CT molecular complexity index is 389. The van der Waals surface area contributed by atoms with Crippen LogP contribution in [-0.4, -0.2) is 71.7 Å². The highest BCUT2D eigenvalue weighted by atomic mass is 15.3. The number of nitrogens with one attached hydrogen (secondary N) is 1. The van der Waals surface area contributed by atoms with E-state index in [1.165, 1.54) is 0 Å². The molecule has 0 saturated carbocycles. The molecule has 5 heteroatoms. The first-order chi connectivity index (χ1) is 9.11. The smallest absolute Gasteiger partial charge is 0.109 e. The van der Waals surface area contributed by atoms with Crippen LogP contribution >= 0.6 is 0 Å². The number of imidazole rings is 1. The van der Waals surface area contributed by atoms with Gasteiger partial charge in [-0.3, -0.25) is 4.90 Å². The van der Waals surface area contributed by atoms with Crippen LogP contribution in [0.2, 0.25) is 0 Å². The van der Waals surface area contributed by atoms with Crippen LogP contribution < -0.4 is 5.32 Å². The number of aromatic nitrogens is 2. The molecular formula is C14H27N5. The van der Waals surface area contributed by atoms with Gasteiger partial charge in [0.1, 0.15) is 5.82 Å². The average molecular weight is 265 g/mol. The molecule has 0 bridgehead atoms. The lowest BCUT2D eigenvalue weighted by molar-refractivity contribution is 0.0874. The number of rotatable bonds is 5. The zero-order chi connectivity index (χ0) is 13.8. The third-order valence-corrected chi connectivity index (χ3v) is 4.15. The van der Waals surface area contributed by atoms with Crippen LogP contribution in [0.3, 0.4) is 0 Å². The monoisotopic (exact) mass is 265 g/mol. The first-order valence-electron chi connectivity index (χ1n) is 7.20. The van der Waals surface area contributed by atoms with E-state index in [0.717, 1.165) is 38.4 Å². The fourth-order valence-corrected chi connectivity index (χ4v) is 2.87. The maximum Gasteiger partial charge on any atom is 0.109 e. The summed E-state index contributed by atoms with van der Waals surface area (Å²) in [4.78, 5) is 9.37. The average Bonchev–Trinajstić information content (AvgIpc) is 2.78. The highest BCUT2D eigenvalue weighted by Gasteiger charge is 2.30. The third kappa shape index (κ3) is 3.55. The molecule has 0 aliphatic carbocycles. The molecule has 0 spiro atoms. The summed E-state index contributed by atoms with van der Waals surface area (Å²) in [5.74, 6) is 1.16. The van der Waals surface area contributed by atoms with E-state index in [1.807, 2.05) is 12.4 Å². The molecule has 2 heterocycles. The van der Waals surface area contributed by atoms with Crippen molar-refractivity contribution in [2.45, 2.75) is 25.4 Å². The van der Waals surface area contributed by atoms with Crippen molar-refractivity contribution in [1.29, 1.82) is 0 Å². The van der Waals surface area contributed by atoms with E-state index < -0.39 is 0 Å². The van der Waals surface area contributed by atoms with Gasteiger partial charge >= 0.3 is 0 Å². The summed E-state index contributed by atoms with van der Waals surface area (Å²) in [6.07, 6.45) is 4.89. The predicted octanol–water partition coefficient (Wildman–Crippen LogP) is 0.187. The Morgan fingerprint density at radius 3 is 2.79 bits per heavy atom. The van der Waals surface area contributed by atoms with Crippen molar-refractivity contribution in [1.82, 2.24) is 24.7 Å². The second-order valence-corrected chi connectivity index (χ2v) is 5.63. The first-order valence-corrected chi connectivity index (χ1v) is 7.20. The Labute approximate surface area is 116 Å². The maximum absolute atomic E-state index is 4.47. The highest BCUT2D eigenvalue weighted by molar-refractivity contribution is 4.99. The zero-order valence-electron chi connectivity index (χ0n) is 12.6. The van der Waals surface area contributed by atoms with Crippen LogP contribution in [0.15, 0.2) is 12.4 Å². The summed E-state index contributed by atoms with van der Waals surface area (Å²) in [5.41, 5.74) is 0. The number of aryl methyl sites for hydroxylation is 1. The van der Waals surface area contributed by atoms with Crippen LogP contribution in [0.25, 0.3) is 0 Å². The molecule has 0 aromatic carbocycles. The third-order valence-electron chi connectivity index (χ3n) is 4.15. The van der Waals surface area contributed by atoms with Gasteiger partial charge in [0.2, 0.25) is 0 Å². The number of likely N-dealkylation sites (N-methyl/N-ethyl adjacent to an activating group) is 3. The van der Waals surface area contributed by atoms with Gasteiger partial charge in [0.25, 0.3) is 0 Å². The van der Waals surface area contributed by atoms with E-state index >= 15 is 0 Å². The molecule has 0 radical (unpaired) electrons. The molecule has 1 saturated heterocycles.